The molecule has 142 valence electrons. The minimum Gasteiger partial charge on any atom is -0.296 e. The Bertz CT molecular complexity index is 670. The molecule has 0 amide bonds. The summed E-state index contributed by atoms with van der Waals surface area (Å²) in [6.07, 6.45) is 7.36. The summed E-state index contributed by atoms with van der Waals surface area (Å²) in [5.41, 5.74) is 0. The van der Waals surface area contributed by atoms with Gasteiger partial charge in [0.1, 0.15) is 0 Å². The molecule has 0 spiro atoms. The van der Waals surface area contributed by atoms with Crippen LogP contribution in [0.1, 0.15) is 64.2 Å². The van der Waals surface area contributed by atoms with Crippen LogP contribution < -0.4 is 0 Å². The van der Waals surface area contributed by atoms with Crippen LogP contribution in [-0.4, -0.2) is 69.3 Å². The zero-order chi connectivity index (χ0) is 18.0. The van der Waals surface area contributed by atoms with Crippen molar-refractivity contribution in [1.29, 1.82) is 0 Å². The number of rotatable bonds is 6. The molecule has 2 aliphatic rings. The molecular weight excluding hydrogens is 340 g/mol. The fourth-order valence-corrected chi connectivity index (χ4v) is 5.45. The number of sulfonamides is 1. The molecule has 1 aromatic rings. The van der Waals surface area contributed by atoms with E-state index in [-0.39, 0.29) is 18.1 Å². The lowest BCUT2D eigenvalue weighted by atomic mass is 9.91. The minimum atomic E-state index is -3.15. The summed E-state index contributed by atoms with van der Waals surface area (Å²) in [5.74, 6) is 0.882. The Hall–Kier alpha value is -1.06. The molecule has 1 saturated heterocycles. The van der Waals surface area contributed by atoms with Crippen LogP contribution in [0.3, 0.4) is 0 Å². The summed E-state index contributed by atoms with van der Waals surface area (Å²) in [6.45, 7) is 6.71. The molecule has 2 fully saturated rings. The molecule has 3 rings (SSSR count). The van der Waals surface area contributed by atoms with Gasteiger partial charge in [0.2, 0.25) is 10.0 Å². The summed E-state index contributed by atoms with van der Waals surface area (Å²) in [6, 6.07) is 0.593. The fourth-order valence-electron chi connectivity index (χ4n) is 3.95. The van der Waals surface area contributed by atoms with E-state index in [1.54, 1.807) is 0 Å². The lowest BCUT2D eigenvalue weighted by Gasteiger charge is -2.40. The molecule has 8 nitrogen and oxygen atoms in total. The summed E-state index contributed by atoms with van der Waals surface area (Å²) in [7, 11) is -3.15. The molecule has 1 saturated carbocycles. The number of nitrogens with zero attached hydrogens (tertiary/aromatic N) is 6. The van der Waals surface area contributed by atoms with Crippen molar-refractivity contribution in [1.82, 2.24) is 29.4 Å². The average molecular weight is 371 g/mol. The number of tetrazole rings is 1. The maximum Gasteiger partial charge on any atom is 0.211 e. The van der Waals surface area contributed by atoms with E-state index in [4.69, 9.17) is 0 Å². The quantitative estimate of drug-likeness (QED) is 0.753. The largest absolute Gasteiger partial charge is 0.296 e. The molecule has 0 N–H and O–H groups in total. The van der Waals surface area contributed by atoms with Crippen LogP contribution in [0.4, 0.5) is 0 Å². The maximum absolute atomic E-state index is 12.3. The first-order valence-corrected chi connectivity index (χ1v) is 11.2. The molecule has 25 heavy (non-hydrogen) atoms. The van der Waals surface area contributed by atoms with Gasteiger partial charge in [-0.25, -0.2) is 13.1 Å². The third kappa shape index (κ3) is 4.38. The van der Waals surface area contributed by atoms with Gasteiger partial charge in [-0.1, -0.05) is 6.42 Å². The van der Waals surface area contributed by atoms with Gasteiger partial charge in [0.15, 0.2) is 5.82 Å². The van der Waals surface area contributed by atoms with E-state index < -0.39 is 10.0 Å². The Morgan fingerprint density at radius 1 is 1.12 bits per heavy atom. The first-order chi connectivity index (χ1) is 11.9. The molecule has 0 aromatic carbocycles. The number of aromatic nitrogens is 4. The van der Waals surface area contributed by atoms with Gasteiger partial charge in [0, 0.05) is 18.6 Å². The molecule has 1 aliphatic heterocycles. The molecule has 9 heteroatoms. The third-order valence-electron chi connectivity index (χ3n) is 5.38. The molecule has 1 aliphatic carbocycles. The molecule has 2 heterocycles. The molecule has 0 bridgehead atoms. The topological polar surface area (TPSA) is 84.2 Å². The first-order valence-electron chi connectivity index (χ1n) is 9.34. The number of likely N-dealkylation sites (tertiary alicyclic amines) is 1. The van der Waals surface area contributed by atoms with Crippen molar-refractivity contribution in [3.05, 3.63) is 5.82 Å². The predicted octanol–water partition coefficient (Wildman–Crippen LogP) is 1.42. The van der Waals surface area contributed by atoms with Gasteiger partial charge in [-0.3, -0.25) is 4.90 Å². The zero-order valence-corrected chi connectivity index (χ0v) is 16.3. The SMILES string of the molecule is CC(C)n1nnnc1CN1CCC[C@@H](N(C2CCC2)S(C)(=O)=O)CC1. The highest BCUT2D eigenvalue weighted by Crippen LogP contribution is 2.32. The van der Waals surface area contributed by atoms with E-state index in [1.807, 2.05) is 8.99 Å². The standard InChI is InChI=1S/C16H30N6O2S/c1-13(2)21-16(17-18-19-21)12-20-10-5-8-15(9-11-20)22(25(3,23)24)14-6-4-7-14/h13-15H,4-12H2,1-3H3/t15-/m1/s1. The third-order valence-corrected chi connectivity index (χ3v) is 6.74. The smallest absolute Gasteiger partial charge is 0.211 e. The van der Waals surface area contributed by atoms with E-state index in [2.05, 4.69) is 34.3 Å². The van der Waals surface area contributed by atoms with Crippen LogP contribution in [0.25, 0.3) is 0 Å². The Morgan fingerprint density at radius 3 is 2.40 bits per heavy atom. The summed E-state index contributed by atoms with van der Waals surface area (Å²) in [5, 5.41) is 12.0. The normalized spacial score (nSPS) is 23.8. The summed E-state index contributed by atoms with van der Waals surface area (Å²) < 4.78 is 28.3. The Balaban J connectivity index is 1.64. The second-order valence-corrected chi connectivity index (χ2v) is 9.56. The fraction of sp³-hybridized carbons (Fsp3) is 0.938. The van der Waals surface area contributed by atoms with Crippen molar-refractivity contribution in [2.45, 2.75) is 77.0 Å². The van der Waals surface area contributed by atoms with E-state index in [0.29, 0.717) is 0 Å². The van der Waals surface area contributed by atoms with Crippen molar-refractivity contribution < 1.29 is 8.42 Å². The highest BCUT2D eigenvalue weighted by molar-refractivity contribution is 7.88. The van der Waals surface area contributed by atoms with E-state index in [1.165, 1.54) is 6.26 Å². The van der Waals surface area contributed by atoms with Gasteiger partial charge in [-0.2, -0.15) is 4.31 Å². The van der Waals surface area contributed by atoms with Crippen LogP contribution in [0.15, 0.2) is 0 Å². The Labute approximate surface area is 150 Å². The van der Waals surface area contributed by atoms with Crippen LogP contribution in [0.5, 0.6) is 0 Å². The lowest BCUT2D eigenvalue weighted by molar-refractivity contribution is 0.160. The lowest BCUT2D eigenvalue weighted by Crippen LogP contribution is -2.49. The van der Waals surface area contributed by atoms with E-state index in [0.717, 1.165) is 64.0 Å². The Morgan fingerprint density at radius 2 is 1.80 bits per heavy atom. The van der Waals surface area contributed by atoms with Gasteiger partial charge < -0.3 is 0 Å². The molecular formula is C16H30N6O2S. The van der Waals surface area contributed by atoms with E-state index in [9.17, 15) is 8.42 Å². The highest BCUT2D eigenvalue weighted by atomic mass is 32.2. The molecule has 0 unspecified atom stereocenters. The van der Waals surface area contributed by atoms with Crippen LogP contribution in [-0.2, 0) is 16.6 Å². The van der Waals surface area contributed by atoms with Crippen molar-refractivity contribution in [3.63, 3.8) is 0 Å². The maximum atomic E-state index is 12.3. The average Bonchev–Trinajstić information content (AvgIpc) is 2.81. The van der Waals surface area contributed by atoms with Crippen molar-refractivity contribution in [3.8, 4) is 0 Å². The minimum absolute atomic E-state index is 0.131. The predicted molar refractivity (Wildman–Crippen MR) is 95.4 cm³/mol. The molecule has 0 radical (unpaired) electrons. The molecule has 1 aromatic heterocycles. The van der Waals surface area contributed by atoms with E-state index >= 15 is 0 Å². The van der Waals surface area contributed by atoms with Crippen molar-refractivity contribution in [2.75, 3.05) is 19.3 Å². The monoisotopic (exact) mass is 370 g/mol. The summed E-state index contributed by atoms with van der Waals surface area (Å²) in [4.78, 5) is 2.35. The van der Waals surface area contributed by atoms with Crippen molar-refractivity contribution in [2.24, 2.45) is 0 Å². The number of hydrogen-bond donors (Lipinski definition) is 0. The Kier molecular flexibility index (Phi) is 5.75. The van der Waals surface area contributed by atoms with Crippen LogP contribution >= 0.6 is 0 Å². The van der Waals surface area contributed by atoms with Crippen LogP contribution in [0, 0.1) is 0 Å². The van der Waals surface area contributed by atoms with Gasteiger partial charge in [-0.05, 0) is 62.9 Å². The van der Waals surface area contributed by atoms with Crippen LogP contribution in [0.2, 0.25) is 0 Å². The highest BCUT2D eigenvalue weighted by Gasteiger charge is 2.37. The van der Waals surface area contributed by atoms with Gasteiger partial charge in [-0.15, -0.1) is 5.10 Å². The molecule has 1 atom stereocenters. The summed E-state index contributed by atoms with van der Waals surface area (Å²) >= 11 is 0. The van der Waals surface area contributed by atoms with Gasteiger partial charge in [0.05, 0.1) is 18.8 Å². The first kappa shape index (κ1) is 18.7. The van der Waals surface area contributed by atoms with Gasteiger partial charge in [0.25, 0.3) is 0 Å². The number of hydrogen-bond acceptors (Lipinski definition) is 6. The van der Waals surface area contributed by atoms with Gasteiger partial charge >= 0.3 is 0 Å². The second kappa shape index (κ2) is 7.67. The van der Waals surface area contributed by atoms with Crippen molar-refractivity contribution >= 4 is 10.0 Å². The zero-order valence-electron chi connectivity index (χ0n) is 15.5. The second-order valence-electron chi connectivity index (χ2n) is 7.67.